The molecule has 0 bridgehead atoms. The maximum Gasteiger partial charge on any atom is 0.156 e. The Morgan fingerprint density at radius 1 is 1.21 bits per heavy atom. The van der Waals surface area contributed by atoms with Gasteiger partial charge in [0.1, 0.15) is 29.3 Å². The van der Waals surface area contributed by atoms with Gasteiger partial charge in [0.05, 0.1) is 15.4 Å². The van der Waals surface area contributed by atoms with Crippen LogP contribution in [0.25, 0.3) is 0 Å². The number of hydrogen-bond donors (Lipinski definition) is 3. The molecule has 148 valence electrons. The number of nitrogens with zero attached hydrogens (tertiary/aromatic N) is 2. The van der Waals surface area contributed by atoms with E-state index in [0.717, 1.165) is 0 Å². The number of nitrogens with one attached hydrogen (secondary N) is 3. The van der Waals surface area contributed by atoms with Crippen LogP contribution < -0.4 is 5.32 Å². The van der Waals surface area contributed by atoms with Crippen LogP contribution in [-0.2, 0) is 9.73 Å². The molecule has 0 amide bonds. The minimum absolute atomic E-state index is 0.111. The first-order valence-corrected chi connectivity index (χ1v) is 10.5. The minimum Gasteiger partial charge on any atom is -0.356 e. The van der Waals surface area contributed by atoms with Crippen molar-refractivity contribution >= 4 is 27.1 Å². The van der Waals surface area contributed by atoms with Gasteiger partial charge in [-0.1, -0.05) is 11.6 Å². The molecule has 0 saturated heterocycles. The number of rotatable bonds is 5. The topological polar surface area (TPSA) is 94.5 Å². The van der Waals surface area contributed by atoms with E-state index < -0.39 is 27.4 Å². The van der Waals surface area contributed by atoms with E-state index in [4.69, 9.17) is 16.4 Å². The van der Waals surface area contributed by atoms with Crippen LogP contribution in [0.4, 0.5) is 14.6 Å². The third kappa shape index (κ3) is 4.31. The summed E-state index contributed by atoms with van der Waals surface area (Å²) in [6.07, 6.45) is 1.27. The summed E-state index contributed by atoms with van der Waals surface area (Å²) >= 11 is 6.00. The Balaban J connectivity index is 2.12. The van der Waals surface area contributed by atoms with Crippen molar-refractivity contribution in [3.8, 4) is 0 Å². The van der Waals surface area contributed by atoms with E-state index >= 15 is 0 Å². The zero-order valence-corrected chi connectivity index (χ0v) is 16.9. The fourth-order valence-corrected chi connectivity index (χ4v) is 3.94. The number of halogens is 3. The van der Waals surface area contributed by atoms with Crippen molar-refractivity contribution in [2.75, 3.05) is 11.6 Å². The summed E-state index contributed by atoms with van der Waals surface area (Å²) in [5, 5.41) is 3.37. The highest BCUT2D eigenvalue weighted by atomic mass is 35.5. The second kappa shape index (κ2) is 7.48. The zero-order chi connectivity index (χ0) is 20.6. The van der Waals surface area contributed by atoms with Crippen LogP contribution >= 0.6 is 11.6 Å². The lowest BCUT2D eigenvalue weighted by atomic mass is 10.1. The highest BCUT2D eigenvalue weighted by Crippen LogP contribution is 2.29. The van der Waals surface area contributed by atoms with E-state index in [1.54, 1.807) is 13.0 Å². The van der Waals surface area contributed by atoms with E-state index in [1.165, 1.54) is 37.4 Å². The maximum absolute atomic E-state index is 13.9. The van der Waals surface area contributed by atoms with Crippen molar-refractivity contribution in [2.45, 2.75) is 24.9 Å². The summed E-state index contributed by atoms with van der Waals surface area (Å²) in [7, 11) is -3.07. The minimum atomic E-state index is -3.07. The van der Waals surface area contributed by atoms with Crippen LogP contribution in [-0.4, -0.2) is 25.4 Å². The van der Waals surface area contributed by atoms with Crippen LogP contribution in [0.2, 0.25) is 5.02 Å². The Kier molecular flexibility index (Phi) is 5.40. The summed E-state index contributed by atoms with van der Waals surface area (Å²) in [5.41, 5.74) is 1.09. The number of anilines is 1. The third-order valence-corrected chi connectivity index (χ3v) is 5.39. The molecule has 0 aliphatic carbocycles. The second-order valence-electron chi connectivity index (χ2n) is 6.44. The highest BCUT2D eigenvalue weighted by Gasteiger charge is 2.23. The van der Waals surface area contributed by atoms with Gasteiger partial charge in [-0.3, -0.25) is 0 Å². The summed E-state index contributed by atoms with van der Waals surface area (Å²) in [6, 6.07) is 5.97. The first kappa shape index (κ1) is 20.2. The number of aryl methyl sites for hydroxylation is 2. The van der Waals surface area contributed by atoms with E-state index in [-0.39, 0.29) is 15.7 Å². The molecule has 10 heteroatoms. The van der Waals surface area contributed by atoms with Gasteiger partial charge >= 0.3 is 0 Å². The molecule has 0 spiro atoms. The maximum atomic E-state index is 13.9. The summed E-state index contributed by atoms with van der Waals surface area (Å²) in [6.45, 7) is 3.18. The molecule has 0 radical (unpaired) electrons. The lowest BCUT2D eigenvalue weighted by Crippen LogP contribution is -2.16. The smallest absolute Gasteiger partial charge is 0.156 e. The number of hydrogen-bond acceptors (Lipinski definition) is 5. The van der Waals surface area contributed by atoms with Crippen molar-refractivity contribution < 1.29 is 13.0 Å². The molecular weight excluding hydrogens is 408 g/mol. The van der Waals surface area contributed by atoms with Gasteiger partial charge in [-0.15, -0.1) is 0 Å². The molecule has 0 aliphatic heterocycles. The Morgan fingerprint density at radius 2 is 1.93 bits per heavy atom. The Bertz CT molecular complexity index is 1130. The Morgan fingerprint density at radius 3 is 2.50 bits per heavy atom. The van der Waals surface area contributed by atoms with Gasteiger partial charge in [-0.2, -0.15) is 0 Å². The number of pyridine rings is 1. The van der Waals surface area contributed by atoms with Gasteiger partial charge in [-0.25, -0.2) is 27.7 Å². The molecule has 3 N–H and O–H groups in total. The lowest BCUT2D eigenvalue weighted by Gasteiger charge is -2.19. The fraction of sp³-hybridized carbons (Fsp3) is 0.222. The molecule has 0 saturated carbocycles. The molecule has 2 atom stereocenters. The number of imidazole rings is 1. The van der Waals surface area contributed by atoms with Gasteiger partial charge in [0.25, 0.3) is 0 Å². The molecule has 2 heterocycles. The quantitative estimate of drug-likeness (QED) is 0.557. The van der Waals surface area contributed by atoms with Gasteiger partial charge in [0, 0.05) is 17.0 Å². The van der Waals surface area contributed by atoms with Crippen LogP contribution in [0.5, 0.6) is 0 Å². The first-order valence-electron chi connectivity index (χ1n) is 8.20. The van der Waals surface area contributed by atoms with Crippen molar-refractivity contribution in [2.24, 2.45) is 0 Å². The number of aromatic nitrogens is 3. The van der Waals surface area contributed by atoms with Crippen molar-refractivity contribution in [1.29, 1.82) is 4.78 Å². The van der Waals surface area contributed by atoms with E-state index in [0.29, 0.717) is 22.9 Å². The monoisotopic (exact) mass is 425 g/mol. The molecule has 6 nitrogen and oxygen atoms in total. The van der Waals surface area contributed by atoms with Crippen molar-refractivity contribution in [1.82, 2.24) is 15.0 Å². The van der Waals surface area contributed by atoms with Gasteiger partial charge in [0.15, 0.2) is 5.03 Å². The fourth-order valence-electron chi connectivity index (χ4n) is 2.81. The number of H-pyrrole nitrogens is 1. The molecule has 28 heavy (non-hydrogen) atoms. The van der Waals surface area contributed by atoms with Crippen molar-refractivity contribution in [3.63, 3.8) is 0 Å². The molecule has 0 aliphatic rings. The SMILES string of the molecule is Cc1nc(NC(c2cc(F)cc(Cl)c2)c2nc(S(C)(=N)=O)c(C)[nH]2)ccc1F. The Labute approximate surface area is 166 Å². The van der Waals surface area contributed by atoms with Crippen LogP contribution in [0.1, 0.15) is 28.8 Å². The largest absolute Gasteiger partial charge is 0.356 e. The molecule has 0 fully saturated rings. The second-order valence-corrected chi connectivity index (χ2v) is 8.95. The predicted molar refractivity (Wildman–Crippen MR) is 104 cm³/mol. The molecule has 2 aromatic heterocycles. The molecular formula is C18H18ClF2N5OS. The molecule has 1 aromatic carbocycles. The van der Waals surface area contributed by atoms with Crippen LogP contribution in [0.3, 0.4) is 0 Å². The van der Waals surface area contributed by atoms with Gasteiger partial charge in [0.2, 0.25) is 0 Å². The average Bonchev–Trinajstić information content (AvgIpc) is 2.96. The number of aromatic amines is 1. The first-order chi connectivity index (χ1) is 13.0. The predicted octanol–water partition coefficient (Wildman–Crippen LogP) is 4.59. The normalized spacial score (nSPS) is 14.5. The molecule has 2 unspecified atom stereocenters. The average molecular weight is 426 g/mol. The Hall–Kier alpha value is -2.52. The van der Waals surface area contributed by atoms with Gasteiger partial charge < -0.3 is 10.3 Å². The summed E-state index contributed by atoms with van der Waals surface area (Å²) in [5.74, 6) is -0.351. The van der Waals surface area contributed by atoms with Crippen LogP contribution in [0.15, 0.2) is 35.4 Å². The molecule has 3 aromatic rings. The summed E-state index contributed by atoms with van der Waals surface area (Å²) in [4.78, 5) is 11.4. The highest BCUT2D eigenvalue weighted by molar-refractivity contribution is 7.91. The van der Waals surface area contributed by atoms with E-state index in [1.807, 2.05) is 0 Å². The van der Waals surface area contributed by atoms with Crippen LogP contribution in [0, 0.1) is 30.3 Å². The summed E-state index contributed by atoms with van der Waals surface area (Å²) < 4.78 is 47.5. The zero-order valence-electron chi connectivity index (χ0n) is 15.3. The van der Waals surface area contributed by atoms with E-state index in [2.05, 4.69) is 20.3 Å². The molecule has 3 rings (SSSR count). The van der Waals surface area contributed by atoms with Crippen molar-refractivity contribution in [3.05, 3.63) is 69.8 Å². The van der Waals surface area contributed by atoms with E-state index in [9.17, 15) is 13.0 Å². The lowest BCUT2D eigenvalue weighted by molar-refractivity contribution is 0.609. The number of benzene rings is 1. The standard InChI is InChI=1S/C18H18ClF2N5OS/c1-9-14(21)4-5-15(23-9)25-16(11-6-12(19)8-13(20)7-11)17-24-10(2)18(26-17)28(3,22)27/h4-8,16,22H,1-3H3,(H,23,25)(H,24,26). The third-order valence-electron chi connectivity index (χ3n) is 4.03. The van der Waals surface area contributed by atoms with Gasteiger partial charge in [-0.05, 0) is 49.7 Å².